The molecule has 3 aromatic heterocycles. The summed E-state index contributed by atoms with van der Waals surface area (Å²) < 4.78 is 54.9. The smallest absolute Gasteiger partial charge is 0.416 e. The summed E-state index contributed by atoms with van der Waals surface area (Å²) in [6.45, 7) is 27.9. The maximum atomic E-state index is 14.0. The van der Waals surface area contributed by atoms with Gasteiger partial charge in [0, 0.05) is 49.7 Å². The molecule has 0 saturated carbocycles. The number of imidazole rings is 1. The SMILES string of the molecule is C[n+]1[c-]n2c3c(cccc31)C1(c3ccc(Oc4[c-]c5c(cc4)c4ccccc4n5-c4cc(C(F)(F)F)ccn4)[c-]c3-2)c2c(cc(C(C)(C)C)cc2C(C)(C)C)-c2cc(C(C)(C)C)cc(C(C)(C)C)c21.[Pt]. The van der Waals surface area contributed by atoms with Gasteiger partial charge in [0.15, 0.2) is 0 Å². The monoisotopic (exact) mass is 1110 g/mol. The van der Waals surface area contributed by atoms with Crippen LogP contribution in [0.1, 0.15) is 133 Å². The minimum atomic E-state index is -4.54. The van der Waals surface area contributed by atoms with Crippen LogP contribution in [0.5, 0.6) is 11.5 Å². The van der Waals surface area contributed by atoms with Crippen LogP contribution in [0.3, 0.4) is 0 Å². The topological polar surface area (TPSA) is 35.9 Å². The third kappa shape index (κ3) is 7.05. The number of rotatable bonds is 3. The number of ether oxygens (including phenoxy) is 1. The number of alkyl halides is 3. The Kier molecular flexibility index (Phi) is 10.6. The molecule has 1 aliphatic carbocycles. The number of hydrogen-bond acceptors (Lipinski definition) is 2. The first kappa shape index (κ1) is 47.7. The minimum absolute atomic E-state index is 0. The van der Waals surface area contributed by atoms with Crippen LogP contribution in [-0.2, 0) is 61.4 Å². The second kappa shape index (κ2) is 15.5. The summed E-state index contributed by atoms with van der Waals surface area (Å²) in [7, 11) is 2.05. The molecule has 360 valence electrons. The predicted octanol–water partition coefficient (Wildman–Crippen LogP) is 15.0. The fraction of sp³-hybridized carbons (Fsp3) is 0.311. The van der Waals surface area contributed by atoms with Crippen LogP contribution in [0.15, 0.2) is 109 Å². The molecule has 1 aliphatic heterocycles. The van der Waals surface area contributed by atoms with E-state index in [-0.39, 0.29) is 48.5 Å². The van der Waals surface area contributed by atoms with Crippen LogP contribution in [-0.4, -0.2) is 14.1 Å². The molecule has 2 aliphatic rings. The van der Waals surface area contributed by atoms with Gasteiger partial charge < -0.3 is 18.4 Å². The summed E-state index contributed by atoms with van der Waals surface area (Å²) in [6.07, 6.45) is 0.335. The summed E-state index contributed by atoms with van der Waals surface area (Å²) >= 11 is 0. The van der Waals surface area contributed by atoms with Crippen molar-refractivity contribution in [3.05, 3.63) is 178 Å². The van der Waals surface area contributed by atoms with Gasteiger partial charge in [-0.3, -0.25) is 0 Å². The van der Waals surface area contributed by atoms with E-state index in [1.807, 2.05) is 49.5 Å². The van der Waals surface area contributed by atoms with Crippen molar-refractivity contribution in [2.45, 2.75) is 116 Å². The fourth-order valence-corrected chi connectivity index (χ4v) is 11.1. The third-order valence-corrected chi connectivity index (χ3v) is 14.5. The van der Waals surface area contributed by atoms with E-state index in [0.717, 1.165) is 45.2 Å². The Balaban J connectivity index is 0.00000567. The normalized spacial score (nSPS) is 14.3. The maximum absolute atomic E-state index is 14.0. The van der Waals surface area contributed by atoms with Gasteiger partial charge in [0.25, 0.3) is 0 Å². The molecule has 0 saturated heterocycles. The molecule has 4 heterocycles. The number of halogens is 3. The average molecular weight is 1110 g/mol. The van der Waals surface area contributed by atoms with Gasteiger partial charge in [-0.25, -0.2) is 4.98 Å². The van der Waals surface area contributed by atoms with Gasteiger partial charge >= 0.3 is 6.18 Å². The van der Waals surface area contributed by atoms with Crippen molar-refractivity contribution in [1.82, 2.24) is 14.1 Å². The number of benzene rings is 6. The van der Waals surface area contributed by atoms with Gasteiger partial charge in [-0.1, -0.05) is 155 Å². The molecule has 0 bridgehead atoms. The van der Waals surface area contributed by atoms with Crippen molar-refractivity contribution in [2.24, 2.45) is 7.05 Å². The Morgan fingerprint density at radius 3 is 1.80 bits per heavy atom. The van der Waals surface area contributed by atoms with E-state index in [4.69, 9.17) is 4.74 Å². The summed E-state index contributed by atoms with van der Waals surface area (Å²) in [5, 5.41) is 1.68. The van der Waals surface area contributed by atoms with Crippen LogP contribution in [0.25, 0.3) is 55.5 Å². The first-order valence-corrected chi connectivity index (χ1v) is 23.8. The molecule has 11 rings (SSSR count). The fourth-order valence-electron chi connectivity index (χ4n) is 11.1. The zero-order valence-electron chi connectivity index (χ0n) is 42.0. The van der Waals surface area contributed by atoms with E-state index < -0.39 is 17.2 Å². The number of hydrogen-bond donors (Lipinski definition) is 0. The van der Waals surface area contributed by atoms with Gasteiger partial charge in [-0.2, -0.15) is 25.3 Å². The summed E-state index contributed by atoms with van der Waals surface area (Å²) in [4.78, 5) is 4.43. The molecular weight excluding hydrogens is 1060 g/mol. The molecule has 0 unspecified atom stereocenters. The van der Waals surface area contributed by atoms with E-state index in [9.17, 15) is 13.2 Å². The second-order valence-electron chi connectivity index (χ2n) is 23.3. The van der Waals surface area contributed by atoms with Gasteiger partial charge in [-0.05, 0) is 95.3 Å². The molecule has 5 nitrogen and oxygen atoms in total. The van der Waals surface area contributed by atoms with E-state index in [1.54, 1.807) is 4.57 Å². The van der Waals surface area contributed by atoms with Crippen molar-refractivity contribution in [2.75, 3.05) is 0 Å². The molecule has 1 spiro atoms. The van der Waals surface area contributed by atoms with Crippen molar-refractivity contribution >= 4 is 32.8 Å². The Hall–Kier alpha value is -5.98. The molecule has 0 atom stereocenters. The molecule has 0 N–H and O–H groups in total. The largest absolute Gasteiger partial charge is 0.510 e. The summed E-state index contributed by atoms with van der Waals surface area (Å²) in [5.41, 5.74) is 14.6. The molecule has 70 heavy (non-hydrogen) atoms. The van der Waals surface area contributed by atoms with Gasteiger partial charge in [-0.15, -0.1) is 35.2 Å². The summed E-state index contributed by atoms with van der Waals surface area (Å²) in [5.74, 6) is 0.992. The molecule has 6 aromatic carbocycles. The third-order valence-electron chi connectivity index (χ3n) is 14.5. The second-order valence-corrected chi connectivity index (χ2v) is 23.3. The van der Waals surface area contributed by atoms with Crippen LogP contribution in [0.2, 0.25) is 0 Å². The van der Waals surface area contributed by atoms with Gasteiger partial charge in [0.2, 0.25) is 6.33 Å². The van der Waals surface area contributed by atoms with E-state index in [2.05, 4.69) is 164 Å². The predicted molar refractivity (Wildman–Crippen MR) is 270 cm³/mol. The number of pyridine rings is 1. The molecule has 0 amide bonds. The van der Waals surface area contributed by atoms with Gasteiger partial charge in [0.1, 0.15) is 5.82 Å². The number of aromatic nitrogens is 4. The molecule has 0 fully saturated rings. The minimum Gasteiger partial charge on any atom is -0.510 e. The van der Waals surface area contributed by atoms with Crippen molar-refractivity contribution in [3.63, 3.8) is 0 Å². The Morgan fingerprint density at radius 1 is 0.600 bits per heavy atom. The summed E-state index contributed by atoms with van der Waals surface area (Å²) in [6, 6.07) is 41.6. The molecule has 0 radical (unpaired) electrons. The van der Waals surface area contributed by atoms with E-state index in [0.29, 0.717) is 22.5 Å². The Labute approximate surface area is 423 Å². The number of para-hydroxylation sites is 2. The molecular formula is C61H57F3N4OPt-2. The van der Waals surface area contributed by atoms with E-state index >= 15 is 0 Å². The van der Waals surface area contributed by atoms with Crippen LogP contribution in [0.4, 0.5) is 13.2 Å². The number of fused-ring (bicyclic) bond motifs is 12. The number of nitrogens with zero attached hydrogens (tertiary/aromatic N) is 4. The van der Waals surface area contributed by atoms with Crippen molar-refractivity contribution in [3.8, 4) is 34.1 Å². The Bertz CT molecular complexity index is 3560. The van der Waals surface area contributed by atoms with Crippen LogP contribution < -0.4 is 9.30 Å². The first-order chi connectivity index (χ1) is 32.3. The van der Waals surface area contributed by atoms with Crippen LogP contribution >= 0.6 is 0 Å². The molecule has 9 aromatic rings. The van der Waals surface area contributed by atoms with Gasteiger partial charge in [0.05, 0.1) is 23.6 Å². The zero-order valence-corrected chi connectivity index (χ0v) is 44.3. The Morgan fingerprint density at radius 2 is 1.20 bits per heavy atom. The quantitative estimate of drug-likeness (QED) is 0.131. The number of aryl methyl sites for hydroxylation is 1. The van der Waals surface area contributed by atoms with E-state index in [1.165, 1.54) is 56.3 Å². The van der Waals surface area contributed by atoms with Crippen molar-refractivity contribution < 1.29 is 43.5 Å². The zero-order chi connectivity index (χ0) is 49.1. The standard InChI is InChI=1S/C61H57F3N4O.Pt/c1-56(2,3)36-27-42-43-28-37(57(4,5)6)30-47(59(10,11)12)54(43)60(53(42)46(29-36)58(7,8)9)44-24-22-39(33-51(44)67-34-66(13)49-20-16-18-45(60)55(49)67)69-38-21-23-41-40-17-14-15-19-48(40)68(50(41)32-38)52-31-35(25-26-65-52)61(62,63)64;/h14-31H,1-13H3;/q-2;. The van der Waals surface area contributed by atoms with Crippen LogP contribution in [0, 0.1) is 18.5 Å². The maximum Gasteiger partial charge on any atom is 0.416 e. The average Bonchev–Trinajstić information content (AvgIpc) is 3.89. The van der Waals surface area contributed by atoms with Crippen molar-refractivity contribution in [1.29, 1.82) is 0 Å². The molecule has 9 heteroatoms. The first-order valence-electron chi connectivity index (χ1n) is 23.8.